The van der Waals surface area contributed by atoms with Crippen LogP contribution in [-0.4, -0.2) is 37.7 Å². The molecule has 4 saturated carbocycles. The molecule has 0 amide bonds. The van der Waals surface area contributed by atoms with Crippen molar-refractivity contribution >= 4 is 17.9 Å². The molecular weight excluding hydrogens is 408 g/mol. The maximum atomic E-state index is 11.7. The van der Waals surface area contributed by atoms with E-state index in [1.807, 2.05) is 6.92 Å². The molecule has 4 aliphatic rings. The highest BCUT2D eigenvalue weighted by molar-refractivity contribution is 6.29. The molecule has 0 radical (unpaired) electrons. The van der Waals surface area contributed by atoms with Gasteiger partial charge in [0.1, 0.15) is 0 Å². The van der Waals surface area contributed by atoms with Crippen LogP contribution in [0, 0.1) is 59.2 Å². The van der Waals surface area contributed by atoms with Crippen LogP contribution in [0.25, 0.3) is 0 Å². The van der Waals surface area contributed by atoms with Gasteiger partial charge in [-0.2, -0.15) is 0 Å². The Morgan fingerprint density at radius 2 is 1.19 bits per heavy atom. The van der Waals surface area contributed by atoms with Gasteiger partial charge in [-0.25, -0.2) is 9.59 Å². The lowest BCUT2D eigenvalue weighted by atomic mass is 9.76. The first-order valence-corrected chi connectivity index (χ1v) is 12.7. The third-order valence-corrected chi connectivity index (χ3v) is 9.39. The van der Waals surface area contributed by atoms with Gasteiger partial charge in [-0.3, -0.25) is 4.79 Å². The zero-order chi connectivity index (χ0) is 23.6. The molecule has 0 aliphatic heterocycles. The normalized spacial score (nSPS) is 41.1. The second-order valence-corrected chi connectivity index (χ2v) is 10.7. The van der Waals surface area contributed by atoms with Gasteiger partial charge in [0.2, 0.25) is 0 Å². The van der Waals surface area contributed by atoms with E-state index in [9.17, 15) is 14.4 Å². The van der Waals surface area contributed by atoms with E-state index in [-0.39, 0.29) is 18.5 Å². The van der Waals surface area contributed by atoms with E-state index in [1.165, 1.54) is 12.8 Å². The van der Waals surface area contributed by atoms with Crippen molar-refractivity contribution < 1.29 is 28.6 Å². The van der Waals surface area contributed by atoms with Gasteiger partial charge in [0.15, 0.2) is 0 Å². The average molecular weight is 451 g/mol. The summed E-state index contributed by atoms with van der Waals surface area (Å²) in [6, 6.07) is 0. The summed E-state index contributed by atoms with van der Waals surface area (Å²) >= 11 is 0. The number of fused-ring (bicyclic) bond motifs is 4. The van der Waals surface area contributed by atoms with Crippen molar-refractivity contribution in [1.29, 1.82) is 0 Å². The van der Waals surface area contributed by atoms with Gasteiger partial charge in [0.25, 0.3) is 0 Å². The molecule has 0 aromatic heterocycles. The Balaban J connectivity index is 0.000000186. The summed E-state index contributed by atoms with van der Waals surface area (Å²) in [4.78, 5) is 34.1. The number of ether oxygens (including phenoxy) is 3. The summed E-state index contributed by atoms with van der Waals surface area (Å²) < 4.78 is 14.8. The molecule has 10 unspecified atom stereocenters. The van der Waals surface area contributed by atoms with E-state index in [0.29, 0.717) is 42.8 Å². The Kier molecular flexibility index (Phi) is 8.26. The maximum Gasteiger partial charge on any atom is 0.417 e. The van der Waals surface area contributed by atoms with Gasteiger partial charge >= 0.3 is 17.9 Å². The third-order valence-electron chi connectivity index (χ3n) is 9.39. The summed E-state index contributed by atoms with van der Waals surface area (Å²) in [7, 11) is 0. The smallest absolute Gasteiger partial charge is 0.417 e. The molecule has 4 bridgehead atoms. The molecule has 32 heavy (non-hydrogen) atoms. The van der Waals surface area contributed by atoms with Crippen LogP contribution in [0.1, 0.15) is 67.2 Å². The summed E-state index contributed by atoms with van der Waals surface area (Å²) in [5, 5.41) is 0. The lowest BCUT2D eigenvalue weighted by Crippen LogP contribution is -2.30. The number of hydrogen-bond donors (Lipinski definition) is 0. The SMILES string of the molecule is CCOC(=O)C(=O)OCC1CC2CC1C(C)C2C.CCOC(=O)C1CC2CC1C(C)C2C. The predicted molar refractivity (Wildman–Crippen MR) is 120 cm³/mol. The second kappa shape index (κ2) is 10.6. The Hall–Kier alpha value is -1.59. The highest BCUT2D eigenvalue weighted by Gasteiger charge is 2.51. The summed E-state index contributed by atoms with van der Waals surface area (Å²) in [6.45, 7) is 13.9. The van der Waals surface area contributed by atoms with Crippen LogP contribution in [0.15, 0.2) is 0 Å². The fourth-order valence-electron chi connectivity index (χ4n) is 7.18. The number of esters is 3. The van der Waals surface area contributed by atoms with Gasteiger partial charge in [0.05, 0.1) is 25.7 Å². The summed E-state index contributed by atoms with van der Waals surface area (Å²) in [6.07, 6.45) is 4.72. The van der Waals surface area contributed by atoms with Crippen LogP contribution in [0.5, 0.6) is 0 Å². The fourth-order valence-corrected chi connectivity index (χ4v) is 7.18. The quantitative estimate of drug-likeness (QED) is 0.349. The lowest BCUT2D eigenvalue weighted by molar-refractivity contribution is -0.168. The first-order valence-electron chi connectivity index (χ1n) is 12.7. The van der Waals surface area contributed by atoms with Crippen molar-refractivity contribution in [3.05, 3.63) is 0 Å². The molecule has 4 fully saturated rings. The summed E-state index contributed by atoms with van der Waals surface area (Å²) in [5.41, 5.74) is 0. The monoisotopic (exact) mass is 450 g/mol. The van der Waals surface area contributed by atoms with Gasteiger partial charge in [-0.1, -0.05) is 27.7 Å². The Labute approximate surface area is 193 Å². The first kappa shape index (κ1) is 25.0. The molecule has 6 nitrogen and oxygen atoms in total. The number of carbonyl (C=O) groups is 3. The van der Waals surface area contributed by atoms with Crippen LogP contribution < -0.4 is 0 Å². The van der Waals surface area contributed by atoms with E-state index in [4.69, 9.17) is 9.47 Å². The van der Waals surface area contributed by atoms with Crippen molar-refractivity contribution in [2.75, 3.05) is 19.8 Å². The Morgan fingerprint density at radius 1 is 0.656 bits per heavy atom. The molecule has 10 atom stereocenters. The van der Waals surface area contributed by atoms with Gasteiger partial charge in [-0.15, -0.1) is 0 Å². The fraction of sp³-hybridized carbons (Fsp3) is 0.885. The van der Waals surface area contributed by atoms with Crippen molar-refractivity contribution in [2.24, 2.45) is 59.2 Å². The molecule has 0 heterocycles. The topological polar surface area (TPSA) is 78.9 Å². The highest BCUT2D eigenvalue weighted by Crippen LogP contribution is 2.56. The van der Waals surface area contributed by atoms with E-state index >= 15 is 0 Å². The molecule has 4 rings (SSSR count). The van der Waals surface area contributed by atoms with Gasteiger partial charge in [0, 0.05) is 0 Å². The van der Waals surface area contributed by atoms with Crippen molar-refractivity contribution in [2.45, 2.75) is 67.2 Å². The van der Waals surface area contributed by atoms with Crippen LogP contribution in [0.3, 0.4) is 0 Å². The van der Waals surface area contributed by atoms with Crippen LogP contribution >= 0.6 is 0 Å². The van der Waals surface area contributed by atoms with Gasteiger partial charge in [-0.05, 0) is 92.8 Å². The van der Waals surface area contributed by atoms with Crippen LogP contribution in [0.4, 0.5) is 0 Å². The van der Waals surface area contributed by atoms with Crippen molar-refractivity contribution in [1.82, 2.24) is 0 Å². The minimum absolute atomic E-state index is 0.0544. The standard InChI is InChI=1S/C14H22O4.C12H20O2/c1-4-17-13(15)14(16)18-7-11-5-10-6-12(11)9(3)8(10)2;1-4-14-12(13)11-6-9-5-10(11)8(3)7(9)2/h8-12H,4-7H2,1-3H3;7-11H,4-6H2,1-3H3. The number of carbonyl (C=O) groups excluding carboxylic acids is 3. The minimum atomic E-state index is -0.873. The average Bonchev–Trinajstić information content (AvgIpc) is 3.51. The van der Waals surface area contributed by atoms with Crippen molar-refractivity contribution in [3.8, 4) is 0 Å². The van der Waals surface area contributed by atoms with Gasteiger partial charge < -0.3 is 14.2 Å². The second-order valence-electron chi connectivity index (χ2n) is 10.7. The van der Waals surface area contributed by atoms with E-state index in [1.54, 1.807) is 6.92 Å². The maximum absolute atomic E-state index is 11.7. The van der Waals surface area contributed by atoms with E-state index in [0.717, 1.165) is 36.5 Å². The zero-order valence-electron chi connectivity index (χ0n) is 20.7. The molecule has 4 aliphatic carbocycles. The summed E-state index contributed by atoms with van der Waals surface area (Å²) in [5.74, 6) is 4.80. The highest BCUT2D eigenvalue weighted by atomic mass is 16.6. The third kappa shape index (κ3) is 4.99. The first-order chi connectivity index (χ1) is 15.2. The predicted octanol–water partition coefficient (Wildman–Crippen LogP) is 4.50. The largest absolute Gasteiger partial charge is 0.466 e. The minimum Gasteiger partial charge on any atom is -0.466 e. The van der Waals surface area contributed by atoms with Crippen molar-refractivity contribution in [3.63, 3.8) is 0 Å². The number of rotatable bonds is 5. The molecule has 0 aromatic carbocycles. The van der Waals surface area contributed by atoms with Crippen LogP contribution in [0.2, 0.25) is 0 Å². The molecule has 0 saturated heterocycles. The molecule has 182 valence electrons. The van der Waals surface area contributed by atoms with E-state index in [2.05, 4.69) is 32.4 Å². The zero-order valence-corrected chi connectivity index (χ0v) is 20.7. The number of hydrogen-bond acceptors (Lipinski definition) is 6. The molecule has 6 heteroatoms. The Bertz CT molecular complexity index is 686. The lowest BCUT2D eigenvalue weighted by Gasteiger charge is -2.31. The molecule has 0 spiro atoms. The van der Waals surface area contributed by atoms with E-state index < -0.39 is 11.9 Å². The molecule has 0 aromatic rings. The molecule has 0 N–H and O–H groups in total. The molecular formula is C26H42O6. The van der Waals surface area contributed by atoms with Crippen LogP contribution in [-0.2, 0) is 28.6 Å². The Morgan fingerprint density at radius 3 is 1.69 bits per heavy atom.